The predicted molar refractivity (Wildman–Crippen MR) is 145 cm³/mol. The Hall–Kier alpha value is -2.50. The molecular weight excluding hydrogens is 536 g/mol. The molecular formula is C26H32Cl2FN5O4. The van der Waals surface area contributed by atoms with Crippen molar-refractivity contribution in [3.63, 3.8) is 0 Å². The molecule has 12 heteroatoms. The normalized spacial score (nSPS) is 22.4. The van der Waals surface area contributed by atoms with E-state index in [0.717, 1.165) is 43.6 Å². The van der Waals surface area contributed by atoms with Crippen LogP contribution >= 0.6 is 24.8 Å². The summed E-state index contributed by atoms with van der Waals surface area (Å²) in [5, 5.41) is 14.1. The van der Waals surface area contributed by atoms with Crippen molar-refractivity contribution in [3.05, 3.63) is 58.0 Å². The van der Waals surface area contributed by atoms with Crippen LogP contribution in [0, 0.1) is 11.7 Å². The third-order valence-corrected chi connectivity index (χ3v) is 7.45. The molecule has 3 aliphatic rings. The van der Waals surface area contributed by atoms with Crippen LogP contribution in [0.2, 0.25) is 0 Å². The number of hydrogen-bond donors (Lipinski definition) is 2. The number of aliphatic hydroxyl groups excluding tert-OH is 1. The molecule has 0 saturated carbocycles. The molecule has 0 radical (unpaired) electrons. The second kappa shape index (κ2) is 12.1. The van der Waals surface area contributed by atoms with E-state index in [1.54, 1.807) is 16.8 Å². The molecule has 6 rings (SSSR count). The van der Waals surface area contributed by atoms with Crippen LogP contribution < -0.4 is 20.3 Å². The summed E-state index contributed by atoms with van der Waals surface area (Å²) in [6.07, 6.45) is 5.22. The predicted octanol–water partition coefficient (Wildman–Crippen LogP) is 2.51. The minimum Gasteiger partial charge on any atom is -0.492 e. The van der Waals surface area contributed by atoms with Gasteiger partial charge in [-0.2, -0.15) is 0 Å². The fourth-order valence-electron chi connectivity index (χ4n) is 5.61. The number of rotatable bonds is 6. The third kappa shape index (κ3) is 5.60. The van der Waals surface area contributed by atoms with Crippen LogP contribution in [0.15, 0.2) is 35.4 Å². The zero-order valence-electron chi connectivity index (χ0n) is 20.8. The third-order valence-electron chi connectivity index (χ3n) is 7.45. The zero-order chi connectivity index (χ0) is 24.6. The molecule has 6 heterocycles. The Morgan fingerprint density at radius 3 is 2.92 bits per heavy atom. The highest BCUT2D eigenvalue weighted by atomic mass is 35.5. The molecule has 3 aliphatic heterocycles. The molecule has 38 heavy (non-hydrogen) atoms. The fraction of sp³-hybridized carbons (Fsp3) is 0.500. The first kappa shape index (κ1) is 28.5. The number of ether oxygens (including phenoxy) is 2. The van der Waals surface area contributed by atoms with Crippen molar-refractivity contribution in [3.8, 4) is 11.5 Å². The van der Waals surface area contributed by atoms with Gasteiger partial charge in [0.05, 0.1) is 42.4 Å². The van der Waals surface area contributed by atoms with E-state index in [4.69, 9.17) is 9.47 Å². The number of piperidine rings is 1. The molecule has 0 amide bonds. The Balaban J connectivity index is 0.00000168. The molecule has 2 N–H and O–H groups in total. The number of hydrogen-bond acceptors (Lipinski definition) is 8. The molecule has 3 aromatic heterocycles. The van der Waals surface area contributed by atoms with Gasteiger partial charge in [-0.1, -0.05) is 0 Å². The monoisotopic (exact) mass is 567 g/mol. The topological polar surface area (TPSA) is 102 Å². The summed E-state index contributed by atoms with van der Waals surface area (Å²) in [6.45, 7) is 4.22. The van der Waals surface area contributed by atoms with Crippen molar-refractivity contribution >= 4 is 35.8 Å². The van der Waals surface area contributed by atoms with Crippen molar-refractivity contribution < 1.29 is 19.0 Å². The van der Waals surface area contributed by atoms with Gasteiger partial charge in [-0.3, -0.25) is 19.3 Å². The molecule has 0 aromatic carbocycles. The van der Waals surface area contributed by atoms with E-state index < -0.39 is 11.9 Å². The van der Waals surface area contributed by atoms with Crippen LogP contribution in [0.1, 0.15) is 30.1 Å². The molecule has 3 atom stereocenters. The lowest BCUT2D eigenvalue weighted by molar-refractivity contribution is 0.0184. The van der Waals surface area contributed by atoms with E-state index in [0.29, 0.717) is 43.6 Å². The highest BCUT2D eigenvalue weighted by Gasteiger charge is 2.32. The standard InChI is InChI=1S/C26H30FN5O4.2ClH/c27-20-11-30-21-3-4-24(34)32-19(15-36-26(20)25(21)32)14-31-6-5-22(33)17(13-31)9-28-10-18-8-16-2-1-7-35-23(16)12-29-18;;/h3-4,8,11-12,17,19,22,28,33H,1-2,5-7,9-10,13-15H2;2*1H/t17-,19+,22+;;/m0../s1. The fourth-order valence-corrected chi connectivity index (χ4v) is 5.61. The zero-order valence-corrected chi connectivity index (χ0v) is 22.5. The molecule has 0 spiro atoms. The van der Waals surface area contributed by atoms with Crippen molar-refractivity contribution in [1.29, 1.82) is 0 Å². The second-order valence-electron chi connectivity index (χ2n) is 9.92. The number of aromatic nitrogens is 3. The number of aliphatic hydroxyl groups is 1. The Bertz CT molecular complexity index is 1340. The van der Waals surface area contributed by atoms with E-state index in [9.17, 15) is 14.3 Å². The first-order chi connectivity index (χ1) is 17.6. The maximum atomic E-state index is 14.3. The van der Waals surface area contributed by atoms with E-state index in [1.807, 2.05) is 0 Å². The van der Waals surface area contributed by atoms with Gasteiger partial charge in [0.2, 0.25) is 0 Å². The van der Waals surface area contributed by atoms with Crippen LogP contribution in [0.3, 0.4) is 0 Å². The van der Waals surface area contributed by atoms with E-state index in [2.05, 4.69) is 26.3 Å². The van der Waals surface area contributed by atoms with Gasteiger partial charge in [0, 0.05) is 44.7 Å². The number of likely N-dealkylation sites (tertiary alicyclic amines) is 1. The van der Waals surface area contributed by atoms with Gasteiger partial charge in [-0.15, -0.1) is 24.8 Å². The number of halogens is 3. The molecule has 1 saturated heterocycles. The number of fused-ring (bicyclic) bond motifs is 1. The number of pyridine rings is 3. The maximum Gasteiger partial charge on any atom is 0.251 e. The summed E-state index contributed by atoms with van der Waals surface area (Å²) in [5.41, 5.74) is 2.93. The van der Waals surface area contributed by atoms with Crippen LogP contribution in [-0.2, 0) is 13.0 Å². The molecule has 3 aromatic rings. The Labute approximate surface area is 232 Å². The molecule has 1 fully saturated rings. The van der Waals surface area contributed by atoms with E-state index in [1.165, 1.54) is 11.6 Å². The molecule has 9 nitrogen and oxygen atoms in total. The van der Waals surface area contributed by atoms with Crippen LogP contribution in [0.25, 0.3) is 11.0 Å². The second-order valence-corrected chi connectivity index (χ2v) is 9.92. The van der Waals surface area contributed by atoms with Gasteiger partial charge >= 0.3 is 0 Å². The first-order valence-electron chi connectivity index (χ1n) is 12.6. The van der Waals surface area contributed by atoms with Crippen molar-refractivity contribution in [2.75, 3.05) is 39.4 Å². The summed E-state index contributed by atoms with van der Waals surface area (Å²) < 4.78 is 27.3. The molecule has 0 aliphatic carbocycles. The van der Waals surface area contributed by atoms with Crippen molar-refractivity contribution in [1.82, 2.24) is 24.8 Å². The lowest BCUT2D eigenvalue weighted by Gasteiger charge is -2.39. The minimum absolute atomic E-state index is 0. The summed E-state index contributed by atoms with van der Waals surface area (Å²) in [4.78, 5) is 23.7. The molecule has 206 valence electrons. The van der Waals surface area contributed by atoms with Gasteiger partial charge < -0.3 is 24.8 Å². The van der Waals surface area contributed by atoms with Crippen LogP contribution in [0.5, 0.6) is 11.5 Å². The molecule has 0 bridgehead atoms. The van der Waals surface area contributed by atoms with Gasteiger partial charge in [-0.25, -0.2) is 4.39 Å². The largest absolute Gasteiger partial charge is 0.492 e. The number of nitrogens with one attached hydrogen (secondary N) is 1. The van der Waals surface area contributed by atoms with Gasteiger partial charge in [0.25, 0.3) is 5.56 Å². The average Bonchev–Trinajstić information content (AvgIpc) is 2.89. The van der Waals surface area contributed by atoms with E-state index in [-0.39, 0.29) is 54.7 Å². The minimum atomic E-state index is -0.562. The smallest absolute Gasteiger partial charge is 0.251 e. The van der Waals surface area contributed by atoms with Gasteiger partial charge in [0.1, 0.15) is 17.9 Å². The van der Waals surface area contributed by atoms with Crippen LogP contribution in [0.4, 0.5) is 4.39 Å². The van der Waals surface area contributed by atoms with Crippen molar-refractivity contribution in [2.24, 2.45) is 5.92 Å². The number of aryl methyl sites for hydroxylation is 1. The quantitative estimate of drug-likeness (QED) is 0.468. The summed E-state index contributed by atoms with van der Waals surface area (Å²) in [5.74, 6) is 0.454. The maximum absolute atomic E-state index is 14.3. The summed E-state index contributed by atoms with van der Waals surface area (Å²) >= 11 is 0. The van der Waals surface area contributed by atoms with Crippen LogP contribution in [-0.4, -0.2) is 70.0 Å². The lowest BCUT2D eigenvalue weighted by Crippen LogP contribution is -2.49. The lowest BCUT2D eigenvalue weighted by atomic mass is 9.94. The highest BCUT2D eigenvalue weighted by Crippen LogP contribution is 2.33. The summed E-state index contributed by atoms with van der Waals surface area (Å²) in [7, 11) is 0. The summed E-state index contributed by atoms with van der Waals surface area (Å²) in [6, 6.07) is 4.92. The average molecular weight is 568 g/mol. The van der Waals surface area contributed by atoms with Gasteiger partial charge in [0.15, 0.2) is 11.6 Å². The Kier molecular flexibility index (Phi) is 9.10. The van der Waals surface area contributed by atoms with E-state index >= 15 is 0 Å². The SMILES string of the molecule is Cl.Cl.O=c1ccc2ncc(F)c3c2n1[C@H](CN1CC[C@@H](O)[C@@H](CNCc2cc4c(cn2)OCCC4)C1)CO3. The number of nitrogens with zero attached hydrogens (tertiary/aromatic N) is 4. The van der Waals surface area contributed by atoms with Gasteiger partial charge in [-0.05, 0) is 37.0 Å². The Morgan fingerprint density at radius 2 is 2.05 bits per heavy atom. The van der Waals surface area contributed by atoms with Crippen molar-refractivity contribution in [2.45, 2.75) is 38.0 Å². The highest BCUT2D eigenvalue weighted by molar-refractivity contribution is 5.85. The molecule has 0 unspecified atom stereocenters. The first-order valence-corrected chi connectivity index (χ1v) is 12.6. The Morgan fingerprint density at radius 1 is 1.18 bits per heavy atom.